The number of furan rings is 1. The number of halogens is 3. The number of rotatable bonds is 6. The van der Waals surface area contributed by atoms with Crippen molar-refractivity contribution in [3.8, 4) is 5.75 Å². The number of aryl methyl sites for hydroxylation is 1. The lowest BCUT2D eigenvalue weighted by molar-refractivity contribution is 0.0929. The number of nitrogens with one attached hydrogen (secondary N) is 1. The number of hydrazone groups is 1. The van der Waals surface area contributed by atoms with Crippen molar-refractivity contribution in [2.75, 3.05) is 0 Å². The molecule has 32 heavy (non-hydrogen) atoms. The summed E-state index contributed by atoms with van der Waals surface area (Å²) in [6.07, 6.45) is 1.60. The first-order valence-electron chi connectivity index (χ1n) is 9.59. The molecule has 4 aromatic rings. The number of fused-ring (bicyclic) bond motifs is 1. The largest absolute Gasteiger partial charge is 0.487 e. The van der Waals surface area contributed by atoms with Crippen molar-refractivity contribution in [2.45, 2.75) is 13.5 Å². The highest BCUT2D eigenvalue weighted by molar-refractivity contribution is 14.1. The van der Waals surface area contributed by atoms with Crippen LogP contribution in [0.25, 0.3) is 11.0 Å². The minimum atomic E-state index is -0.406. The molecule has 0 aliphatic carbocycles. The highest BCUT2D eigenvalue weighted by Gasteiger charge is 2.12. The molecule has 0 bridgehead atoms. The normalized spacial score (nSPS) is 11.2. The number of hydrogen-bond acceptors (Lipinski definition) is 4. The van der Waals surface area contributed by atoms with Gasteiger partial charge in [0.15, 0.2) is 5.76 Å². The molecule has 0 atom stereocenters. The van der Waals surface area contributed by atoms with Gasteiger partial charge < -0.3 is 9.15 Å². The van der Waals surface area contributed by atoms with Crippen LogP contribution >= 0.6 is 61.1 Å². The molecule has 0 spiro atoms. The fraction of sp³-hybridized carbons (Fsp3) is 0.0833. The van der Waals surface area contributed by atoms with Crippen LogP contribution in [0.3, 0.4) is 0 Å². The summed E-state index contributed by atoms with van der Waals surface area (Å²) in [6, 6.07) is 19.5. The van der Waals surface area contributed by atoms with Crippen LogP contribution in [-0.2, 0) is 6.61 Å². The van der Waals surface area contributed by atoms with Gasteiger partial charge in [0.05, 0.1) is 13.4 Å². The molecule has 0 aliphatic rings. The predicted molar refractivity (Wildman–Crippen MR) is 146 cm³/mol. The fourth-order valence-corrected chi connectivity index (χ4v) is 5.48. The van der Waals surface area contributed by atoms with Crippen LogP contribution in [0.5, 0.6) is 5.75 Å². The zero-order chi connectivity index (χ0) is 22.7. The second-order valence-electron chi connectivity index (χ2n) is 7.08. The highest BCUT2D eigenvalue weighted by atomic mass is 127. The van der Waals surface area contributed by atoms with Crippen LogP contribution < -0.4 is 10.2 Å². The van der Waals surface area contributed by atoms with Gasteiger partial charge in [0.25, 0.3) is 0 Å². The monoisotopic (exact) mass is 714 g/mol. The summed E-state index contributed by atoms with van der Waals surface area (Å²) in [7, 11) is 0. The predicted octanol–water partition coefficient (Wildman–Crippen LogP) is 7.06. The molecule has 4 rings (SSSR count). The number of nitrogens with zero attached hydrogens (tertiary/aromatic N) is 1. The first kappa shape index (κ1) is 23.2. The molecule has 0 aliphatic heterocycles. The molecule has 5 nitrogen and oxygen atoms in total. The summed E-state index contributed by atoms with van der Waals surface area (Å²) in [5.74, 6) is 0.636. The van der Waals surface area contributed by atoms with Gasteiger partial charge in [-0.05, 0) is 99.6 Å². The molecule has 0 saturated carbocycles. The van der Waals surface area contributed by atoms with Crippen molar-refractivity contribution in [3.05, 3.63) is 94.7 Å². The number of benzene rings is 3. The van der Waals surface area contributed by atoms with Gasteiger partial charge in [-0.2, -0.15) is 5.10 Å². The second-order valence-corrected chi connectivity index (χ2v) is 10.3. The number of carbonyl (C=O) groups is 1. The summed E-state index contributed by atoms with van der Waals surface area (Å²) < 4.78 is 14.5. The Morgan fingerprint density at radius 3 is 2.53 bits per heavy atom. The molecule has 162 valence electrons. The molecule has 1 amide bonds. The quantitative estimate of drug-likeness (QED) is 0.132. The third-order valence-corrected chi connectivity index (χ3v) is 6.70. The lowest BCUT2D eigenvalue weighted by Crippen LogP contribution is -2.16. The van der Waals surface area contributed by atoms with E-state index in [0.29, 0.717) is 12.2 Å². The molecule has 1 aromatic heterocycles. The zero-order valence-corrected chi connectivity index (χ0v) is 22.8. The van der Waals surface area contributed by atoms with Crippen molar-refractivity contribution in [2.24, 2.45) is 5.10 Å². The van der Waals surface area contributed by atoms with E-state index in [0.717, 1.165) is 33.9 Å². The third-order valence-electron chi connectivity index (χ3n) is 4.61. The molecule has 0 unspecified atom stereocenters. The average molecular weight is 715 g/mol. The summed E-state index contributed by atoms with van der Waals surface area (Å²) in [5.41, 5.74) is 6.36. The summed E-state index contributed by atoms with van der Waals surface area (Å²) in [4.78, 5) is 12.4. The minimum absolute atomic E-state index is 0.208. The van der Waals surface area contributed by atoms with Crippen LogP contribution in [0.4, 0.5) is 0 Å². The maximum atomic E-state index is 12.4. The molecule has 1 N–H and O–H groups in total. The Morgan fingerprint density at radius 2 is 1.81 bits per heavy atom. The van der Waals surface area contributed by atoms with Crippen molar-refractivity contribution in [1.29, 1.82) is 0 Å². The average Bonchev–Trinajstić information content (AvgIpc) is 3.18. The van der Waals surface area contributed by atoms with Crippen LogP contribution in [0.1, 0.15) is 27.2 Å². The topological polar surface area (TPSA) is 63.8 Å². The van der Waals surface area contributed by atoms with E-state index < -0.39 is 5.91 Å². The van der Waals surface area contributed by atoms with Gasteiger partial charge in [-0.25, -0.2) is 5.43 Å². The molecule has 8 heteroatoms. The van der Waals surface area contributed by atoms with Crippen LogP contribution in [0.2, 0.25) is 0 Å². The van der Waals surface area contributed by atoms with Gasteiger partial charge in [0.1, 0.15) is 17.9 Å². The van der Waals surface area contributed by atoms with E-state index in [9.17, 15) is 4.79 Å². The second kappa shape index (κ2) is 10.3. The first-order chi connectivity index (χ1) is 15.4. The Bertz CT molecular complexity index is 1290. The molecular formula is C24H17BrI2N2O3. The number of hydrogen-bond donors (Lipinski definition) is 1. The molecule has 0 fully saturated rings. The SMILES string of the molecule is Cc1ccc(COc2c(I)cc(/C=N/NC(=O)c3cc4cc(Br)ccc4o3)cc2I)cc1. The molecule has 0 radical (unpaired) electrons. The number of carbonyl (C=O) groups excluding carboxylic acids is 1. The van der Waals surface area contributed by atoms with Crippen molar-refractivity contribution < 1.29 is 13.9 Å². The Kier molecular flexibility index (Phi) is 7.51. The van der Waals surface area contributed by atoms with E-state index in [2.05, 4.69) is 103 Å². The van der Waals surface area contributed by atoms with E-state index in [1.54, 1.807) is 12.3 Å². The van der Waals surface area contributed by atoms with E-state index >= 15 is 0 Å². The van der Waals surface area contributed by atoms with Crippen molar-refractivity contribution in [1.82, 2.24) is 5.43 Å². The van der Waals surface area contributed by atoms with Gasteiger partial charge >= 0.3 is 5.91 Å². The van der Waals surface area contributed by atoms with E-state index in [4.69, 9.17) is 9.15 Å². The van der Waals surface area contributed by atoms with Gasteiger partial charge in [-0.3, -0.25) is 4.79 Å². The smallest absolute Gasteiger partial charge is 0.307 e. The lowest BCUT2D eigenvalue weighted by atomic mass is 10.2. The highest BCUT2D eigenvalue weighted by Crippen LogP contribution is 2.29. The van der Waals surface area contributed by atoms with Gasteiger partial charge in [-0.15, -0.1) is 0 Å². The third kappa shape index (κ3) is 5.70. The molecule has 3 aromatic carbocycles. The fourth-order valence-electron chi connectivity index (χ4n) is 2.98. The van der Waals surface area contributed by atoms with Crippen molar-refractivity contribution >= 4 is 84.2 Å². The summed E-state index contributed by atoms with van der Waals surface area (Å²) >= 11 is 7.91. The zero-order valence-electron chi connectivity index (χ0n) is 16.9. The first-order valence-corrected chi connectivity index (χ1v) is 12.5. The Morgan fingerprint density at radius 1 is 1.09 bits per heavy atom. The van der Waals surface area contributed by atoms with Crippen LogP contribution in [-0.4, -0.2) is 12.1 Å². The molecular weight excluding hydrogens is 698 g/mol. The van der Waals surface area contributed by atoms with E-state index in [1.807, 2.05) is 30.3 Å². The summed E-state index contributed by atoms with van der Waals surface area (Å²) in [6.45, 7) is 2.57. The number of ether oxygens (including phenoxy) is 1. The standard InChI is InChI=1S/C24H17BrI2N2O3/c1-14-2-4-15(5-3-14)13-31-23-19(26)8-16(9-20(23)27)12-28-29-24(30)22-11-17-10-18(25)6-7-21(17)32-22/h2-12H,13H2,1H3,(H,29,30)/b28-12+. The van der Waals surface area contributed by atoms with Gasteiger partial charge in [-0.1, -0.05) is 45.8 Å². The lowest BCUT2D eigenvalue weighted by Gasteiger charge is -2.11. The number of amides is 1. The molecule has 1 heterocycles. The maximum Gasteiger partial charge on any atom is 0.307 e. The van der Waals surface area contributed by atoms with E-state index in [1.165, 1.54) is 5.56 Å². The molecule has 0 saturated heterocycles. The summed E-state index contributed by atoms with van der Waals surface area (Å²) in [5, 5.41) is 4.92. The van der Waals surface area contributed by atoms with Crippen LogP contribution in [0, 0.1) is 14.1 Å². The van der Waals surface area contributed by atoms with Gasteiger partial charge in [0, 0.05) is 9.86 Å². The van der Waals surface area contributed by atoms with Gasteiger partial charge in [0.2, 0.25) is 0 Å². The minimum Gasteiger partial charge on any atom is -0.487 e. The Balaban J connectivity index is 1.41. The van der Waals surface area contributed by atoms with Crippen molar-refractivity contribution in [3.63, 3.8) is 0 Å². The van der Waals surface area contributed by atoms with E-state index in [-0.39, 0.29) is 5.76 Å². The van der Waals surface area contributed by atoms with Crippen LogP contribution in [0.15, 0.2) is 74.7 Å². The maximum absolute atomic E-state index is 12.4. The Hall–Kier alpha value is -1.92. The Labute approximate surface area is 221 Å².